The molecule has 0 aromatic rings. The van der Waals surface area contributed by atoms with E-state index in [0.29, 0.717) is 5.92 Å². The first kappa shape index (κ1) is 12.4. The average Bonchev–Trinajstić information content (AvgIpc) is 2.10. The van der Waals surface area contributed by atoms with Crippen LogP contribution in [0, 0.1) is 11.8 Å². The van der Waals surface area contributed by atoms with Crippen LogP contribution in [-0.4, -0.2) is 25.5 Å². The average molecular weight is 186 g/mol. The fourth-order valence-electron chi connectivity index (χ4n) is 0.915. The van der Waals surface area contributed by atoms with Gasteiger partial charge in [0.05, 0.1) is 0 Å². The number of likely N-dealkylation sites (N-methyl/N-ethyl adjacent to an activating group) is 1. The maximum atomic E-state index is 11.4. The summed E-state index contributed by atoms with van der Waals surface area (Å²) in [4.78, 5) is 11.4. The van der Waals surface area contributed by atoms with Gasteiger partial charge in [-0.1, -0.05) is 27.7 Å². The molecule has 0 aliphatic rings. The zero-order chi connectivity index (χ0) is 10.3. The normalized spacial score (nSPS) is 13.0. The molecule has 13 heavy (non-hydrogen) atoms. The first-order valence-corrected chi connectivity index (χ1v) is 5.08. The third kappa shape index (κ3) is 5.64. The van der Waals surface area contributed by atoms with E-state index in [1.807, 2.05) is 6.92 Å². The summed E-state index contributed by atoms with van der Waals surface area (Å²) >= 11 is 0. The van der Waals surface area contributed by atoms with E-state index >= 15 is 0 Å². The van der Waals surface area contributed by atoms with Gasteiger partial charge in [0.2, 0.25) is 5.91 Å². The Morgan fingerprint density at radius 3 is 2.31 bits per heavy atom. The molecule has 0 saturated heterocycles. The SMILES string of the molecule is CCNCCNC(=O)C(C)C(C)C. The lowest BCUT2D eigenvalue weighted by atomic mass is 9.97. The highest BCUT2D eigenvalue weighted by atomic mass is 16.1. The molecule has 3 heteroatoms. The van der Waals surface area contributed by atoms with Crippen molar-refractivity contribution in [2.75, 3.05) is 19.6 Å². The standard InChI is InChI=1S/C10H22N2O/c1-5-11-6-7-12-10(13)9(4)8(2)3/h8-9,11H,5-7H2,1-4H3,(H,12,13). The summed E-state index contributed by atoms with van der Waals surface area (Å²) in [6.07, 6.45) is 0. The Kier molecular flexibility index (Phi) is 6.59. The fraction of sp³-hybridized carbons (Fsp3) is 0.900. The lowest BCUT2D eigenvalue weighted by molar-refractivity contribution is -0.125. The number of carbonyl (C=O) groups is 1. The number of rotatable bonds is 6. The summed E-state index contributed by atoms with van der Waals surface area (Å²) in [6.45, 7) is 10.7. The zero-order valence-corrected chi connectivity index (χ0v) is 9.18. The Morgan fingerprint density at radius 2 is 1.85 bits per heavy atom. The summed E-state index contributed by atoms with van der Waals surface area (Å²) in [5.41, 5.74) is 0. The molecular formula is C10H22N2O. The van der Waals surface area contributed by atoms with Crippen molar-refractivity contribution in [3.05, 3.63) is 0 Å². The van der Waals surface area contributed by atoms with Gasteiger partial charge in [-0.05, 0) is 12.5 Å². The lowest BCUT2D eigenvalue weighted by Gasteiger charge is -2.15. The van der Waals surface area contributed by atoms with Crippen LogP contribution in [0.5, 0.6) is 0 Å². The Hall–Kier alpha value is -0.570. The maximum Gasteiger partial charge on any atom is 0.223 e. The van der Waals surface area contributed by atoms with Crippen molar-refractivity contribution in [2.24, 2.45) is 11.8 Å². The van der Waals surface area contributed by atoms with Crippen LogP contribution in [-0.2, 0) is 4.79 Å². The molecule has 1 unspecified atom stereocenters. The van der Waals surface area contributed by atoms with Gasteiger partial charge in [0.15, 0.2) is 0 Å². The second-order valence-electron chi connectivity index (χ2n) is 3.68. The Bertz CT molecular complexity index is 146. The van der Waals surface area contributed by atoms with Crippen LogP contribution < -0.4 is 10.6 Å². The lowest BCUT2D eigenvalue weighted by Crippen LogP contribution is -2.36. The summed E-state index contributed by atoms with van der Waals surface area (Å²) in [5, 5.41) is 6.05. The van der Waals surface area contributed by atoms with E-state index in [2.05, 4.69) is 31.4 Å². The molecule has 0 aliphatic carbocycles. The Labute approximate surface area is 81.3 Å². The van der Waals surface area contributed by atoms with Crippen LogP contribution >= 0.6 is 0 Å². The fourth-order valence-corrected chi connectivity index (χ4v) is 0.915. The minimum atomic E-state index is 0.113. The molecular weight excluding hydrogens is 164 g/mol. The first-order valence-electron chi connectivity index (χ1n) is 5.08. The third-order valence-electron chi connectivity index (χ3n) is 2.26. The van der Waals surface area contributed by atoms with Gasteiger partial charge in [-0.3, -0.25) is 4.79 Å². The molecule has 1 atom stereocenters. The van der Waals surface area contributed by atoms with Crippen molar-refractivity contribution in [3.63, 3.8) is 0 Å². The zero-order valence-electron chi connectivity index (χ0n) is 9.18. The number of amides is 1. The molecule has 3 nitrogen and oxygen atoms in total. The van der Waals surface area contributed by atoms with E-state index in [4.69, 9.17) is 0 Å². The van der Waals surface area contributed by atoms with Crippen LogP contribution in [0.1, 0.15) is 27.7 Å². The molecule has 0 rings (SSSR count). The minimum Gasteiger partial charge on any atom is -0.355 e. The van der Waals surface area contributed by atoms with Gasteiger partial charge in [-0.2, -0.15) is 0 Å². The van der Waals surface area contributed by atoms with Crippen molar-refractivity contribution in [3.8, 4) is 0 Å². The number of carbonyl (C=O) groups excluding carboxylic acids is 1. The third-order valence-corrected chi connectivity index (χ3v) is 2.26. The number of nitrogens with one attached hydrogen (secondary N) is 2. The number of hydrogen-bond acceptors (Lipinski definition) is 2. The van der Waals surface area contributed by atoms with Gasteiger partial charge in [0.25, 0.3) is 0 Å². The molecule has 0 aromatic carbocycles. The van der Waals surface area contributed by atoms with E-state index in [1.165, 1.54) is 0 Å². The molecule has 0 fully saturated rings. The van der Waals surface area contributed by atoms with Crippen LogP contribution in [0.3, 0.4) is 0 Å². The van der Waals surface area contributed by atoms with E-state index < -0.39 is 0 Å². The van der Waals surface area contributed by atoms with Crippen LogP contribution in [0.25, 0.3) is 0 Å². The minimum absolute atomic E-state index is 0.113. The molecule has 0 bridgehead atoms. The summed E-state index contributed by atoms with van der Waals surface area (Å²) in [6, 6.07) is 0. The monoisotopic (exact) mass is 186 g/mol. The number of hydrogen-bond donors (Lipinski definition) is 2. The maximum absolute atomic E-state index is 11.4. The molecule has 0 spiro atoms. The predicted molar refractivity (Wildman–Crippen MR) is 55.6 cm³/mol. The second kappa shape index (κ2) is 6.89. The molecule has 0 saturated carbocycles. The van der Waals surface area contributed by atoms with Crippen molar-refractivity contribution in [2.45, 2.75) is 27.7 Å². The van der Waals surface area contributed by atoms with Gasteiger partial charge in [-0.15, -0.1) is 0 Å². The van der Waals surface area contributed by atoms with Crippen molar-refractivity contribution in [1.29, 1.82) is 0 Å². The molecule has 0 aromatic heterocycles. The highest BCUT2D eigenvalue weighted by Gasteiger charge is 2.15. The van der Waals surface area contributed by atoms with Crippen molar-refractivity contribution in [1.82, 2.24) is 10.6 Å². The summed E-state index contributed by atoms with van der Waals surface area (Å²) in [5.74, 6) is 0.689. The molecule has 0 heterocycles. The van der Waals surface area contributed by atoms with E-state index in [0.717, 1.165) is 19.6 Å². The van der Waals surface area contributed by atoms with Crippen molar-refractivity contribution >= 4 is 5.91 Å². The van der Waals surface area contributed by atoms with Crippen LogP contribution in [0.4, 0.5) is 0 Å². The molecule has 78 valence electrons. The molecule has 2 N–H and O–H groups in total. The second-order valence-corrected chi connectivity index (χ2v) is 3.68. The smallest absolute Gasteiger partial charge is 0.223 e. The highest BCUT2D eigenvalue weighted by Crippen LogP contribution is 2.08. The quantitative estimate of drug-likeness (QED) is 0.608. The van der Waals surface area contributed by atoms with Gasteiger partial charge < -0.3 is 10.6 Å². The molecule has 1 amide bonds. The van der Waals surface area contributed by atoms with E-state index in [9.17, 15) is 4.79 Å². The van der Waals surface area contributed by atoms with E-state index in [-0.39, 0.29) is 11.8 Å². The van der Waals surface area contributed by atoms with Crippen molar-refractivity contribution < 1.29 is 4.79 Å². The highest BCUT2D eigenvalue weighted by molar-refractivity contribution is 5.78. The van der Waals surface area contributed by atoms with Crippen LogP contribution in [0.2, 0.25) is 0 Å². The Morgan fingerprint density at radius 1 is 1.23 bits per heavy atom. The predicted octanol–water partition coefficient (Wildman–Crippen LogP) is 1.00. The summed E-state index contributed by atoms with van der Waals surface area (Å²) < 4.78 is 0. The first-order chi connectivity index (χ1) is 6.09. The van der Waals surface area contributed by atoms with Gasteiger partial charge in [0, 0.05) is 19.0 Å². The summed E-state index contributed by atoms with van der Waals surface area (Å²) in [7, 11) is 0. The Balaban J connectivity index is 3.50. The largest absolute Gasteiger partial charge is 0.355 e. The topological polar surface area (TPSA) is 41.1 Å². The van der Waals surface area contributed by atoms with Gasteiger partial charge in [0.1, 0.15) is 0 Å². The van der Waals surface area contributed by atoms with Gasteiger partial charge in [-0.25, -0.2) is 0 Å². The molecule has 0 radical (unpaired) electrons. The van der Waals surface area contributed by atoms with E-state index in [1.54, 1.807) is 0 Å². The van der Waals surface area contributed by atoms with Gasteiger partial charge >= 0.3 is 0 Å². The molecule has 0 aliphatic heterocycles. The van der Waals surface area contributed by atoms with Crippen LogP contribution in [0.15, 0.2) is 0 Å².